The van der Waals surface area contributed by atoms with E-state index in [2.05, 4.69) is 6.07 Å². The van der Waals surface area contributed by atoms with Crippen LogP contribution in [0.1, 0.15) is 24.3 Å². The fourth-order valence-electron chi connectivity index (χ4n) is 1.57. The molecule has 1 rings (SSSR count). The van der Waals surface area contributed by atoms with Crippen LogP contribution in [-0.4, -0.2) is 19.6 Å². The second-order valence-corrected chi connectivity index (χ2v) is 4.29. The van der Waals surface area contributed by atoms with Gasteiger partial charge in [-0.3, -0.25) is 0 Å². The standard InChI is InChI=1S/C12H16Cl2O/c1-15-7-3-5-11(9-13)10-4-2-6-12(14)8-10/h2,4,6,8,11H,3,5,7,9H2,1H3. The lowest BCUT2D eigenvalue weighted by molar-refractivity contribution is 0.191. The summed E-state index contributed by atoms with van der Waals surface area (Å²) in [7, 11) is 1.72. The minimum absolute atomic E-state index is 0.375. The molecule has 0 aliphatic heterocycles. The van der Waals surface area contributed by atoms with Gasteiger partial charge in [-0.2, -0.15) is 0 Å². The Labute approximate surface area is 101 Å². The van der Waals surface area contributed by atoms with Gasteiger partial charge in [-0.15, -0.1) is 11.6 Å². The van der Waals surface area contributed by atoms with Crippen LogP contribution in [0.25, 0.3) is 0 Å². The lowest BCUT2D eigenvalue weighted by Gasteiger charge is -2.14. The van der Waals surface area contributed by atoms with Crippen LogP contribution >= 0.6 is 23.2 Å². The van der Waals surface area contributed by atoms with Crippen molar-refractivity contribution in [2.75, 3.05) is 19.6 Å². The average molecular weight is 247 g/mol. The summed E-state index contributed by atoms with van der Waals surface area (Å²) in [5.74, 6) is 1.00. The summed E-state index contributed by atoms with van der Waals surface area (Å²) in [5, 5.41) is 0.773. The van der Waals surface area contributed by atoms with Crippen molar-refractivity contribution >= 4 is 23.2 Å². The number of hydrogen-bond donors (Lipinski definition) is 0. The summed E-state index contributed by atoms with van der Waals surface area (Å²) < 4.78 is 5.03. The van der Waals surface area contributed by atoms with Crippen LogP contribution in [-0.2, 0) is 4.74 Å². The summed E-state index contributed by atoms with van der Waals surface area (Å²) in [6.45, 7) is 0.786. The quantitative estimate of drug-likeness (QED) is 0.543. The highest BCUT2D eigenvalue weighted by molar-refractivity contribution is 6.30. The molecular weight excluding hydrogens is 231 g/mol. The minimum atomic E-state index is 0.375. The lowest BCUT2D eigenvalue weighted by Crippen LogP contribution is -2.02. The second-order valence-electron chi connectivity index (χ2n) is 3.54. The van der Waals surface area contributed by atoms with Gasteiger partial charge in [0.05, 0.1) is 0 Å². The fourth-order valence-corrected chi connectivity index (χ4v) is 2.10. The molecule has 0 heterocycles. The fraction of sp³-hybridized carbons (Fsp3) is 0.500. The van der Waals surface area contributed by atoms with E-state index in [0.29, 0.717) is 11.8 Å². The molecule has 15 heavy (non-hydrogen) atoms. The molecule has 1 aromatic carbocycles. The Morgan fingerprint density at radius 2 is 2.20 bits per heavy atom. The third kappa shape index (κ3) is 4.42. The Balaban J connectivity index is 2.57. The van der Waals surface area contributed by atoms with Gasteiger partial charge in [0.15, 0.2) is 0 Å². The van der Waals surface area contributed by atoms with Gasteiger partial charge >= 0.3 is 0 Å². The molecule has 0 aliphatic rings. The molecule has 0 spiro atoms. The van der Waals surface area contributed by atoms with Gasteiger partial charge in [-0.25, -0.2) is 0 Å². The Morgan fingerprint density at radius 3 is 2.80 bits per heavy atom. The molecular formula is C12H16Cl2O. The van der Waals surface area contributed by atoms with E-state index < -0.39 is 0 Å². The van der Waals surface area contributed by atoms with Gasteiger partial charge in [-0.05, 0) is 36.5 Å². The van der Waals surface area contributed by atoms with Crippen LogP contribution < -0.4 is 0 Å². The number of benzene rings is 1. The first-order valence-electron chi connectivity index (χ1n) is 5.08. The zero-order valence-electron chi connectivity index (χ0n) is 8.88. The molecule has 1 aromatic rings. The SMILES string of the molecule is COCCCC(CCl)c1cccc(Cl)c1. The van der Waals surface area contributed by atoms with Crippen molar-refractivity contribution in [1.29, 1.82) is 0 Å². The number of halogens is 2. The second kappa shape index (κ2) is 7.10. The van der Waals surface area contributed by atoms with Gasteiger partial charge in [0.1, 0.15) is 0 Å². The predicted molar refractivity (Wildman–Crippen MR) is 66.0 cm³/mol. The van der Waals surface area contributed by atoms with E-state index >= 15 is 0 Å². The van der Waals surface area contributed by atoms with Crippen LogP contribution in [0, 0.1) is 0 Å². The largest absolute Gasteiger partial charge is 0.385 e. The highest BCUT2D eigenvalue weighted by atomic mass is 35.5. The molecule has 1 nitrogen and oxygen atoms in total. The molecule has 0 saturated heterocycles. The van der Waals surface area contributed by atoms with Crippen molar-refractivity contribution in [1.82, 2.24) is 0 Å². The Bertz CT molecular complexity index is 289. The number of rotatable bonds is 6. The summed E-state index contributed by atoms with van der Waals surface area (Å²) in [6, 6.07) is 7.91. The highest BCUT2D eigenvalue weighted by Crippen LogP contribution is 2.25. The number of methoxy groups -OCH3 is 1. The van der Waals surface area contributed by atoms with Crippen molar-refractivity contribution in [3.63, 3.8) is 0 Å². The van der Waals surface area contributed by atoms with Crippen molar-refractivity contribution in [3.05, 3.63) is 34.9 Å². The van der Waals surface area contributed by atoms with Crippen molar-refractivity contribution in [2.45, 2.75) is 18.8 Å². The summed E-state index contributed by atoms with van der Waals surface area (Å²) in [5.41, 5.74) is 1.22. The molecule has 0 aliphatic carbocycles. The number of ether oxygens (including phenoxy) is 1. The highest BCUT2D eigenvalue weighted by Gasteiger charge is 2.10. The van der Waals surface area contributed by atoms with Crippen molar-refractivity contribution in [3.8, 4) is 0 Å². The monoisotopic (exact) mass is 246 g/mol. The van der Waals surface area contributed by atoms with Crippen LogP contribution in [0.15, 0.2) is 24.3 Å². The van der Waals surface area contributed by atoms with Crippen LogP contribution in [0.5, 0.6) is 0 Å². The average Bonchev–Trinajstić information content (AvgIpc) is 2.24. The number of alkyl halides is 1. The lowest BCUT2D eigenvalue weighted by atomic mass is 9.96. The Kier molecular flexibility index (Phi) is 6.07. The van der Waals surface area contributed by atoms with E-state index in [-0.39, 0.29) is 0 Å². The Morgan fingerprint density at radius 1 is 1.40 bits per heavy atom. The molecule has 1 atom stereocenters. The van der Waals surface area contributed by atoms with E-state index in [1.807, 2.05) is 18.2 Å². The topological polar surface area (TPSA) is 9.23 Å². The predicted octanol–water partition coefficient (Wildman–Crippen LogP) is 4.09. The first-order valence-corrected chi connectivity index (χ1v) is 5.99. The zero-order valence-corrected chi connectivity index (χ0v) is 10.4. The molecule has 0 amide bonds. The van der Waals surface area contributed by atoms with Crippen molar-refractivity contribution in [2.24, 2.45) is 0 Å². The van der Waals surface area contributed by atoms with E-state index in [1.165, 1.54) is 5.56 Å². The smallest absolute Gasteiger partial charge is 0.0462 e. The van der Waals surface area contributed by atoms with E-state index in [1.54, 1.807) is 7.11 Å². The molecule has 0 N–H and O–H groups in total. The maximum absolute atomic E-state index is 5.95. The van der Waals surface area contributed by atoms with Gasteiger partial charge in [0.2, 0.25) is 0 Å². The number of hydrogen-bond acceptors (Lipinski definition) is 1. The molecule has 0 bridgehead atoms. The molecule has 0 aromatic heterocycles. The van der Waals surface area contributed by atoms with Crippen molar-refractivity contribution < 1.29 is 4.74 Å². The van der Waals surface area contributed by atoms with Crippen LogP contribution in [0.3, 0.4) is 0 Å². The summed E-state index contributed by atoms with van der Waals surface area (Å²) >= 11 is 11.9. The molecule has 3 heteroatoms. The van der Waals surface area contributed by atoms with E-state index in [0.717, 1.165) is 24.5 Å². The molecule has 0 saturated carbocycles. The van der Waals surface area contributed by atoms with Crippen LogP contribution in [0.2, 0.25) is 5.02 Å². The maximum atomic E-state index is 5.95. The van der Waals surface area contributed by atoms with Gasteiger partial charge in [0, 0.05) is 24.6 Å². The first-order chi connectivity index (χ1) is 7.27. The maximum Gasteiger partial charge on any atom is 0.0462 e. The normalized spacial score (nSPS) is 12.7. The van der Waals surface area contributed by atoms with Gasteiger partial charge in [0.25, 0.3) is 0 Å². The molecule has 1 unspecified atom stereocenters. The first kappa shape index (κ1) is 12.8. The van der Waals surface area contributed by atoms with Crippen LogP contribution in [0.4, 0.5) is 0 Å². The zero-order chi connectivity index (χ0) is 11.1. The minimum Gasteiger partial charge on any atom is -0.385 e. The van der Waals surface area contributed by atoms with Gasteiger partial charge in [-0.1, -0.05) is 23.7 Å². The van der Waals surface area contributed by atoms with E-state index in [9.17, 15) is 0 Å². The van der Waals surface area contributed by atoms with E-state index in [4.69, 9.17) is 27.9 Å². The third-order valence-corrected chi connectivity index (χ3v) is 3.02. The molecule has 84 valence electrons. The molecule has 0 radical (unpaired) electrons. The molecule has 0 fully saturated rings. The summed E-state index contributed by atoms with van der Waals surface area (Å²) in [4.78, 5) is 0. The third-order valence-electron chi connectivity index (χ3n) is 2.41. The van der Waals surface area contributed by atoms with Gasteiger partial charge < -0.3 is 4.74 Å². The Hall–Kier alpha value is -0.240. The summed E-state index contributed by atoms with van der Waals surface area (Å²) in [6.07, 6.45) is 2.07.